The van der Waals surface area contributed by atoms with Crippen molar-refractivity contribution in [3.63, 3.8) is 0 Å². The summed E-state index contributed by atoms with van der Waals surface area (Å²) >= 11 is 6.37. The standard InChI is InChI=1S/C16H20ClNO4/c17-13-4-15-14(21-10-22-15)3-11(13)5-18-6-12-7-20-2-1-16(12,8-18)9-19/h3-4,12,19H,1-2,5-10H2/t12-,16-/m1/s1. The first-order valence-corrected chi connectivity index (χ1v) is 8.07. The van der Waals surface area contributed by atoms with Crippen LogP contribution >= 0.6 is 11.6 Å². The second-order valence-electron chi connectivity index (χ2n) is 6.51. The Balaban J connectivity index is 1.53. The maximum atomic E-state index is 9.87. The molecule has 0 unspecified atom stereocenters. The fraction of sp³-hybridized carbons (Fsp3) is 0.625. The summed E-state index contributed by atoms with van der Waals surface area (Å²) in [4.78, 5) is 2.36. The number of halogens is 1. The minimum atomic E-state index is -0.0128. The molecule has 1 aromatic rings. The molecular weight excluding hydrogens is 306 g/mol. The van der Waals surface area contributed by atoms with Crippen LogP contribution in [0.25, 0.3) is 0 Å². The molecule has 3 aliphatic heterocycles. The molecule has 22 heavy (non-hydrogen) atoms. The second-order valence-corrected chi connectivity index (χ2v) is 6.92. The van der Waals surface area contributed by atoms with Gasteiger partial charge in [0.2, 0.25) is 6.79 Å². The number of ether oxygens (including phenoxy) is 3. The van der Waals surface area contributed by atoms with E-state index in [1.54, 1.807) is 0 Å². The largest absolute Gasteiger partial charge is 0.454 e. The van der Waals surface area contributed by atoms with E-state index in [-0.39, 0.29) is 18.8 Å². The molecule has 2 saturated heterocycles. The Morgan fingerprint density at radius 2 is 2.14 bits per heavy atom. The van der Waals surface area contributed by atoms with Crippen LogP contribution in [0.3, 0.4) is 0 Å². The average molecular weight is 326 g/mol. The second kappa shape index (κ2) is 5.57. The number of hydrogen-bond donors (Lipinski definition) is 1. The zero-order valence-corrected chi connectivity index (χ0v) is 13.1. The van der Waals surface area contributed by atoms with E-state index in [1.807, 2.05) is 12.1 Å². The number of nitrogens with zero attached hydrogens (tertiary/aromatic N) is 1. The third-order valence-corrected chi connectivity index (χ3v) is 5.55. The molecule has 6 heteroatoms. The van der Waals surface area contributed by atoms with Gasteiger partial charge in [0.15, 0.2) is 11.5 Å². The maximum Gasteiger partial charge on any atom is 0.231 e. The summed E-state index contributed by atoms with van der Waals surface area (Å²) in [7, 11) is 0. The van der Waals surface area contributed by atoms with E-state index in [0.29, 0.717) is 16.7 Å². The van der Waals surface area contributed by atoms with Gasteiger partial charge in [0.25, 0.3) is 0 Å². The minimum absolute atomic E-state index is 0.0128. The van der Waals surface area contributed by atoms with E-state index >= 15 is 0 Å². The van der Waals surface area contributed by atoms with Gasteiger partial charge in [-0.25, -0.2) is 0 Å². The van der Waals surface area contributed by atoms with Gasteiger partial charge in [0.1, 0.15) is 0 Å². The Labute approximate surface area is 134 Å². The van der Waals surface area contributed by atoms with Crippen LogP contribution in [0.5, 0.6) is 11.5 Å². The van der Waals surface area contributed by atoms with Crippen LogP contribution < -0.4 is 9.47 Å². The van der Waals surface area contributed by atoms with Gasteiger partial charge in [-0.05, 0) is 18.1 Å². The zero-order valence-electron chi connectivity index (χ0n) is 12.4. The van der Waals surface area contributed by atoms with Crippen molar-refractivity contribution in [2.45, 2.75) is 13.0 Å². The van der Waals surface area contributed by atoms with Crippen LogP contribution in [0.1, 0.15) is 12.0 Å². The van der Waals surface area contributed by atoms with E-state index in [1.165, 1.54) is 0 Å². The number of aliphatic hydroxyl groups excluding tert-OH is 1. The SMILES string of the molecule is OC[C@]12CCOC[C@H]1CN(Cc1cc3c(cc1Cl)OCO3)C2. The third kappa shape index (κ3) is 2.36. The molecule has 3 aliphatic rings. The zero-order chi connectivity index (χ0) is 15.2. The van der Waals surface area contributed by atoms with Crippen molar-refractivity contribution in [3.8, 4) is 11.5 Å². The van der Waals surface area contributed by atoms with Crippen molar-refractivity contribution < 1.29 is 19.3 Å². The molecule has 4 rings (SSSR count). The van der Waals surface area contributed by atoms with Crippen molar-refractivity contribution in [2.24, 2.45) is 11.3 Å². The van der Waals surface area contributed by atoms with Gasteiger partial charge in [-0.2, -0.15) is 0 Å². The molecule has 2 atom stereocenters. The van der Waals surface area contributed by atoms with Crippen LogP contribution in [-0.2, 0) is 11.3 Å². The van der Waals surface area contributed by atoms with Gasteiger partial charge >= 0.3 is 0 Å². The van der Waals surface area contributed by atoms with Crippen LogP contribution in [-0.4, -0.2) is 49.7 Å². The molecule has 5 nitrogen and oxygen atoms in total. The summed E-state index contributed by atoms with van der Waals surface area (Å²) in [5.74, 6) is 1.87. The lowest BCUT2D eigenvalue weighted by molar-refractivity contribution is -0.0417. The number of fused-ring (bicyclic) bond motifs is 2. The summed E-state index contributed by atoms with van der Waals surface area (Å²) in [6.07, 6.45) is 0.930. The lowest BCUT2D eigenvalue weighted by Gasteiger charge is -2.36. The Kier molecular flexibility index (Phi) is 3.69. The molecule has 1 aromatic carbocycles. The lowest BCUT2D eigenvalue weighted by atomic mass is 9.75. The van der Waals surface area contributed by atoms with Gasteiger partial charge in [-0.3, -0.25) is 4.90 Å². The summed E-state index contributed by atoms with van der Waals surface area (Å²) in [6, 6.07) is 3.79. The summed E-state index contributed by atoms with van der Waals surface area (Å²) in [5.41, 5.74) is 1.03. The fourth-order valence-electron chi connectivity index (χ4n) is 3.86. The smallest absolute Gasteiger partial charge is 0.231 e. The molecule has 0 aromatic heterocycles. The normalized spacial score (nSPS) is 30.5. The highest BCUT2D eigenvalue weighted by Gasteiger charge is 2.47. The topological polar surface area (TPSA) is 51.2 Å². The summed E-state index contributed by atoms with van der Waals surface area (Å²) in [6.45, 7) is 4.56. The first-order chi connectivity index (χ1) is 10.7. The number of rotatable bonds is 3. The van der Waals surface area contributed by atoms with Crippen molar-refractivity contribution in [3.05, 3.63) is 22.7 Å². The molecule has 0 spiro atoms. The number of aliphatic hydroxyl groups is 1. The highest BCUT2D eigenvalue weighted by atomic mass is 35.5. The van der Waals surface area contributed by atoms with E-state index in [4.69, 9.17) is 25.8 Å². The monoisotopic (exact) mass is 325 g/mol. The van der Waals surface area contributed by atoms with Crippen molar-refractivity contribution in [1.29, 1.82) is 0 Å². The molecule has 0 aliphatic carbocycles. The van der Waals surface area contributed by atoms with Gasteiger partial charge in [-0.15, -0.1) is 0 Å². The van der Waals surface area contributed by atoms with Gasteiger partial charge < -0.3 is 19.3 Å². The molecule has 2 fully saturated rings. The molecule has 3 heterocycles. The first-order valence-electron chi connectivity index (χ1n) is 7.69. The molecule has 0 radical (unpaired) electrons. The van der Waals surface area contributed by atoms with Gasteiger partial charge in [0, 0.05) is 48.7 Å². The highest BCUT2D eigenvalue weighted by molar-refractivity contribution is 6.31. The summed E-state index contributed by atoms with van der Waals surface area (Å²) in [5, 5.41) is 10.6. The fourth-order valence-corrected chi connectivity index (χ4v) is 4.07. The molecule has 120 valence electrons. The van der Waals surface area contributed by atoms with Crippen LogP contribution in [0, 0.1) is 11.3 Å². The Bertz CT molecular complexity index is 582. The molecule has 0 bridgehead atoms. The van der Waals surface area contributed by atoms with Crippen molar-refractivity contribution in [2.75, 3.05) is 39.7 Å². The van der Waals surface area contributed by atoms with E-state index in [9.17, 15) is 5.11 Å². The quantitative estimate of drug-likeness (QED) is 0.920. The number of benzene rings is 1. The molecule has 0 amide bonds. The molecule has 1 N–H and O–H groups in total. The predicted octanol–water partition coefficient (Wildman–Crippen LogP) is 1.90. The van der Waals surface area contributed by atoms with E-state index in [0.717, 1.165) is 50.6 Å². The predicted molar refractivity (Wildman–Crippen MR) is 81.3 cm³/mol. The minimum Gasteiger partial charge on any atom is -0.454 e. The maximum absolute atomic E-state index is 9.87. The van der Waals surface area contributed by atoms with Crippen molar-refractivity contribution >= 4 is 11.6 Å². The van der Waals surface area contributed by atoms with Crippen molar-refractivity contribution in [1.82, 2.24) is 4.90 Å². The number of likely N-dealkylation sites (tertiary alicyclic amines) is 1. The Hall–Kier alpha value is -1.01. The Morgan fingerprint density at radius 1 is 1.32 bits per heavy atom. The lowest BCUT2D eigenvalue weighted by Crippen LogP contribution is -2.41. The highest BCUT2D eigenvalue weighted by Crippen LogP contribution is 2.43. The number of hydrogen-bond acceptors (Lipinski definition) is 5. The average Bonchev–Trinajstić information content (AvgIpc) is 3.11. The van der Waals surface area contributed by atoms with Crippen LogP contribution in [0.4, 0.5) is 0 Å². The first kappa shape index (κ1) is 14.6. The van der Waals surface area contributed by atoms with Crippen LogP contribution in [0.2, 0.25) is 5.02 Å². The van der Waals surface area contributed by atoms with E-state index in [2.05, 4.69) is 4.90 Å². The third-order valence-electron chi connectivity index (χ3n) is 5.20. The van der Waals surface area contributed by atoms with Gasteiger partial charge in [-0.1, -0.05) is 11.6 Å². The van der Waals surface area contributed by atoms with Gasteiger partial charge in [0.05, 0.1) is 13.2 Å². The van der Waals surface area contributed by atoms with E-state index < -0.39 is 0 Å². The van der Waals surface area contributed by atoms with Crippen LogP contribution in [0.15, 0.2) is 12.1 Å². The molecule has 0 saturated carbocycles. The summed E-state index contributed by atoms with van der Waals surface area (Å²) < 4.78 is 16.4. The molecular formula is C16H20ClNO4. The Morgan fingerprint density at radius 3 is 2.91 bits per heavy atom.